The average molecular weight is 379 g/mol. The zero-order valence-corrected chi connectivity index (χ0v) is 14.2. The van der Waals surface area contributed by atoms with Gasteiger partial charge >= 0.3 is 5.97 Å². The van der Waals surface area contributed by atoms with Gasteiger partial charge < -0.3 is 14.4 Å². The minimum Gasteiger partial charge on any atom is -0.483 e. The molecule has 0 atom stereocenters. The molecule has 0 saturated carbocycles. The molecule has 0 aromatic heterocycles. The van der Waals surface area contributed by atoms with Crippen LogP contribution in [-0.4, -0.2) is 43.6 Å². The Morgan fingerprint density at radius 1 is 1.38 bits per heavy atom. The molecule has 0 unspecified atom stereocenters. The number of ether oxygens (including phenoxy) is 2. The van der Waals surface area contributed by atoms with Gasteiger partial charge in [0.05, 0.1) is 17.5 Å². The van der Waals surface area contributed by atoms with E-state index in [1.165, 1.54) is 4.90 Å². The zero-order chi connectivity index (χ0) is 15.8. The highest BCUT2D eigenvalue weighted by Gasteiger charge is 2.13. The first-order valence-corrected chi connectivity index (χ1v) is 7.58. The van der Waals surface area contributed by atoms with Crippen LogP contribution in [-0.2, 0) is 14.3 Å². The second-order valence-electron chi connectivity index (χ2n) is 4.23. The van der Waals surface area contributed by atoms with Crippen molar-refractivity contribution in [3.8, 4) is 5.75 Å². The van der Waals surface area contributed by atoms with Gasteiger partial charge in [-0.25, -0.2) is 0 Å². The van der Waals surface area contributed by atoms with E-state index in [0.29, 0.717) is 28.4 Å². The van der Waals surface area contributed by atoms with Crippen LogP contribution in [0.4, 0.5) is 0 Å². The number of likely N-dealkylation sites (N-methyl/N-ethyl adjacent to an activating group) is 1. The fourth-order valence-electron chi connectivity index (χ4n) is 1.46. The van der Waals surface area contributed by atoms with E-state index in [0.717, 1.165) is 0 Å². The van der Waals surface area contributed by atoms with Crippen molar-refractivity contribution in [3.05, 3.63) is 27.7 Å². The second kappa shape index (κ2) is 8.89. The molecule has 1 rings (SSSR count). The van der Waals surface area contributed by atoms with Gasteiger partial charge in [0.15, 0.2) is 6.61 Å². The lowest BCUT2D eigenvalue weighted by atomic mass is 10.3. The molecule has 116 valence electrons. The molecule has 0 bridgehead atoms. The smallest absolute Gasteiger partial charge is 0.307 e. The molecule has 0 aliphatic heterocycles. The summed E-state index contributed by atoms with van der Waals surface area (Å²) in [7, 11) is 1.61. The standard InChI is InChI=1S/C14H17BrClNO4/c1-3-20-14(19)6-7-17(2)13(18)9-21-12-5-4-10(16)8-11(12)15/h4-5,8H,3,6-7,9H2,1-2H3. The molecule has 0 aliphatic rings. The lowest BCUT2D eigenvalue weighted by molar-refractivity contribution is -0.144. The lowest BCUT2D eigenvalue weighted by Crippen LogP contribution is -2.33. The van der Waals surface area contributed by atoms with Crippen molar-refractivity contribution in [1.82, 2.24) is 4.90 Å². The zero-order valence-electron chi connectivity index (χ0n) is 11.9. The summed E-state index contributed by atoms with van der Waals surface area (Å²) in [5.74, 6) is -0.00814. The van der Waals surface area contributed by atoms with Crippen molar-refractivity contribution in [2.75, 3.05) is 26.8 Å². The summed E-state index contributed by atoms with van der Waals surface area (Å²) >= 11 is 9.13. The summed E-state index contributed by atoms with van der Waals surface area (Å²) in [6.07, 6.45) is 0.167. The SMILES string of the molecule is CCOC(=O)CCN(C)C(=O)COc1ccc(Cl)cc1Br. The van der Waals surface area contributed by atoms with Gasteiger partial charge in [0.1, 0.15) is 5.75 Å². The number of esters is 1. The van der Waals surface area contributed by atoms with E-state index in [4.69, 9.17) is 21.1 Å². The number of carbonyl (C=O) groups is 2. The average Bonchev–Trinajstić information content (AvgIpc) is 2.43. The number of carbonyl (C=O) groups excluding carboxylic acids is 2. The molecule has 1 aromatic rings. The van der Waals surface area contributed by atoms with Crippen LogP contribution >= 0.6 is 27.5 Å². The normalized spacial score (nSPS) is 10.1. The molecule has 0 heterocycles. The van der Waals surface area contributed by atoms with E-state index in [1.54, 1.807) is 32.2 Å². The fourth-order valence-corrected chi connectivity index (χ4v) is 2.26. The van der Waals surface area contributed by atoms with Crippen LogP contribution in [0.3, 0.4) is 0 Å². The van der Waals surface area contributed by atoms with E-state index >= 15 is 0 Å². The van der Waals surface area contributed by atoms with Crippen LogP contribution in [0.15, 0.2) is 22.7 Å². The first-order valence-electron chi connectivity index (χ1n) is 6.41. The number of nitrogens with zero attached hydrogens (tertiary/aromatic N) is 1. The Kier molecular flexibility index (Phi) is 7.53. The molecule has 21 heavy (non-hydrogen) atoms. The van der Waals surface area contributed by atoms with Gasteiger partial charge in [-0.05, 0) is 41.1 Å². The van der Waals surface area contributed by atoms with Crippen molar-refractivity contribution in [3.63, 3.8) is 0 Å². The van der Waals surface area contributed by atoms with E-state index in [1.807, 2.05) is 0 Å². The van der Waals surface area contributed by atoms with Gasteiger partial charge in [-0.2, -0.15) is 0 Å². The van der Waals surface area contributed by atoms with Crippen LogP contribution in [0, 0.1) is 0 Å². The van der Waals surface area contributed by atoms with Gasteiger partial charge in [0.25, 0.3) is 5.91 Å². The van der Waals surface area contributed by atoms with Crippen LogP contribution in [0.5, 0.6) is 5.75 Å². The summed E-state index contributed by atoms with van der Waals surface area (Å²) in [4.78, 5) is 24.5. The Morgan fingerprint density at radius 2 is 2.10 bits per heavy atom. The molecule has 1 amide bonds. The number of rotatable bonds is 7. The van der Waals surface area contributed by atoms with Crippen LogP contribution < -0.4 is 4.74 Å². The molecule has 0 saturated heterocycles. The van der Waals surface area contributed by atoms with Gasteiger partial charge in [0.2, 0.25) is 0 Å². The van der Waals surface area contributed by atoms with E-state index in [2.05, 4.69) is 15.9 Å². The molecule has 0 spiro atoms. The van der Waals surface area contributed by atoms with Crippen molar-refractivity contribution in [2.45, 2.75) is 13.3 Å². The minimum atomic E-state index is -0.321. The Hall–Kier alpha value is -1.27. The molecular weight excluding hydrogens is 362 g/mol. The summed E-state index contributed by atoms with van der Waals surface area (Å²) < 4.78 is 10.9. The number of halogens is 2. The molecule has 0 fully saturated rings. The highest BCUT2D eigenvalue weighted by Crippen LogP contribution is 2.27. The highest BCUT2D eigenvalue weighted by molar-refractivity contribution is 9.10. The maximum atomic E-state index is 11.9. The third-order valence-corrected chi connectivity index (χ3v) is 3.48. The molecular formula is C14H17BrClNO4. The largest absolute Gasteiger partial charge is 0.483 e. The first kappa shape index (κ1) is 17.8. The number of hydrogen-bond donors (Lipinski definition) is 0. The summed E-state index contributed by atoms with van der Waals surface area (Å²) in [5.41, 5.74) is 0. The predicted molar refractivity (Wildman–Crippen MR) is 83.5 cm³/mol. The van der Waals surface area contributed by atoms with E-state index < -0.39 is 0 Å². The monoisotopic (exact) mass is 377 g/mol. The van der Waals surface area contributed by atoms with Crippen molar-refractivity contribution >= 4 is 39.4 Å². The predicted octanol–water partition coefficient (Wildman–Crippen LogP) is 2.89. The molecule has 1 aromatic carbocycles. The van der Waals surface area contributed by atoms with Crippen LogP contribution in [0.25, 0.3) is 0 Å². The van der Waals surface area contributed by atoms with Gasteiger partial charge in [-0.1, -0.05) is 11.6 Å². The summed E-state index contributed by atoms with van der Waals surface area (Å²) in [5, 5.41) is 0.576. The van der Waals surface area contributed by atoms with E-state index in [9.17, 15) is 9.59 Å². The molecule has 5 nitrogen and oxygen atoms in total. The maximum Gasteiger partial charge on any atom is 0.307 e. The lowest BCUT2D eigenvalue weighted by Gasteiger charge is -2.17. The maximum absolute atomic E-state index is 11.9. The van der Waals surface area contributed by atoms with Gasteiger partial charge in [-0.3, -0.25) is 9.59 Å². The van der Waals surface area contributed by atoms with Crippen molar-refractivity contribution in [1.29, 1.82) is 0 Å². The summed E-state index contributed by atoms with van der Waals surface area (Å²) in [6.45, 7) is 2.26. The summed E-state index contributed by atoms with van der Waals surface area (Å²) in [6, 6.07) is 5.04. The third-order valence-electron chi connectivity index (χ3n) is 2.63. The number of hydrogen-bond acceptors (Lipinski definition) is 4. The topological polar surface area (TPSA) is 55.8 Å². The van der Waals surface area contributed by atoms with E-state index in [-0.39, 0.29) is 24.9 Å². The van der Waals surface area contributed by atoms with Gasteiger partial charge in [-0.15, -0.1) is 0 Å². The Morgan fingerprint density at radius 3 is 2.71 bits per heavy atom. The third kappa shape index (κ3) is 6.35. The Bertz CT molecular complexity index is 510. The molecule has 7 heteroatoms. The molecule has 0 N–H and O–H groups in total. The van der Waals surface area contributed by atoms with Crippen LogP contribution in [0.2, 0.25) is 5.02 Å². The van der Waals surface area contributed by atoms with Crippen LogP contribution in [0.1, 0.15) is 13.3 Å². The number of benzene rings is 1. The van der Waals surface area contributed by atoms with Gasteiger partial charge in [0, 0.05) is 18.6 Å². The molecule has 0 aliphatic carbocycles. The minimum absolute atomic E-state index is 0.112. The molecule has 0 radical (unpaired) electrons. The first-order chi connectivity index (χ1) is 9.93. The van der Waals surface area contributed by atoms with Crippen molar-refractivity contribution in [2.24, 2.45) is 0 Å². The quantitative estimate of drug-likeness (QED) is 0.685. The Labute approximate surface area is 137 Å². The fraction of sp³-hybridized carbons (Fsp3) is 0.429. The number of amides is 1. The van der Waals surface area contributed by atoms with Crippen molar-refractivity contribution < 1.29 is 19.1 Å². The highest BCUT2D eigenvalue weighted by atomic mass is 79.9. The Balaban J connectivity index is 2.40. The second-order valence-corrected chi connectivity index (χ2v) is 5.52.